The molecule has 299 valence electrons. The van der Waals surface area contributed by atoms with Crippen LogP contribution in [0.25, 0.3) is 0 Å². The molecule has 60 heavy (non-hydrogen) atoms. The van der Waals surface area contributed by atoms with Crippen LogP contribution < -0.4 is 47.7 Å². The summed E-state index contributed by atoms with van der Waals surface area (Å²) in [7, 11) is -1.34. The van der Waals surface area contributed by atoms with Crippen LogP contribution in [0.4, 0.5) is 0 Å². The van der Waals surface area contributed by atoms with Crippen LogP contribution in [0.2, 0.25) is 0 Å². The fourth-order valence-corrected chi connectivity index (χ4v) is 13.5. The number of rotatable bonds is 9. The summed E-state index contributed by atoms with van der Waals surface area (Å²) < 4.78 is 0. The van der Waals surface area contributed by atoms with Crippen molar-refractivity contribution in [1.29, 1.82) is 0 Å². The second-order valence-corrected chi connectivity index (χ2v) is 19.7. The maximum Gasteiger partial charge on any atom is 0 e. The van der Waals surface area contributed by atoms with Crippen molar-refractivity contribution in [1.82, 2.24) is 0 Å². The molecule has 0 bridgehead atoms. The minimum Gasteiger partial charge on any atom is -1.00 e. The van der Waals surface area contributed by atoms with Crippen LogP contribution in [0.3, 0.4) is 0 Å². The molecule has 0 N–H and O–H groups in total. The number of hydrogen-bond acceptors (Lipinski definition) is 1. The standard InChI is InChI=1S/3C18H15P.CHO.Ir.H/c3*1-4-10-16(11-5-1)19(17-12-6-2-7-13-17)18-14-8-3-9-15-18;1-2;;/h3*1-15H;1H;;/q;;;-1;;-1. The Morgan fingerprint density at radius 2 is 0.283 bits per heavy atom. The molecule has 0 saturated carbocycles. The van der Waals surface area contributed by atoms with E-state index in [9.17, 15) is 0 Å². The Bertz CT molecular complexity index is 1890. The molecule has 0 spiro atoms. The van der Waals surface area contributed by atoms with Gasteiger partial charge in [-0.25, -0.2) is 0 Å². The van der Waals surface area contributed by atoms with Crippen LogP contribution in [-0.4, -0.2) is 6.79 Å². The summed E-state index contributed by atoms with van der Waals surface area (Å²) in [6, 6.07) is 97.0. The Hall–Kier alpha value is -5.41. The predicted octanol–water partition coefficient (Wildman–Crippen LogP) is 10.2. The molecular formula is C55H47IrOP3-2. The number of carbonyl (C=O) groups excluding carboxylic acids is 1. The van der Waals surface area contributed by atoms with Crippen molar-refractivity contribution in [2.45, 2.75) is 0 Å². The van der Waals surface area contributed by atoms with Crippen molar-refractivity contribution in [3.8, 4) is 0 Å². The van der Waals surface area contributed by atoms with Gasteiger partial charge in [-0.15, -0.1) is 0 Å². The first-order valence-corrected chi connectivity index (χ1v) is 23.5. The van der Waals surface area contributed by atoms with Crippen molar-refractivity contribution in [3.05, 3.63) is 273 Å². The van der Waals surface area contributed by atoms with Crippen molar-refractivity contribution in [3.63, 3.8) is 0 Å². The quantitative estimate of drug-likeness (QED) is 0.0800. The zero-order chi connectivity index (χ0) is 40.7. The van der Waals surface area contributed by atoms with Gasteiger partial charge in [0.1, 0.15) is 0 Å². The van der Waals surface area contributed by atoms with E-state index in [2.05, 4.69) is 280 Å². The van der Waals surface area contributed by atoms with E-state index in [1.54, 1.807) is 0 Å². The van der Waals surface area contributed by atoms with E-state index in [0.29, 0.717) is 0 Å². The Balaban J connectivity index is 0.000000194. The van der Waals surface area contributed by atoms with E-state index >= 15 is 0 Å². The Morgan fingerprint density at radius 3 is 0.367 bits per heavy atom. The van der Waals surface area contributed by atoms with Gasteiger partial charge in [0.05, 0.1) is 0 Å². The molecule has 0 aromatic heterocycles. The monoisotopic (exact) mass is 1010 g/mol. The smallest absolute Gasteiger partial charge is 0 e. The molecule has 1 nitrogen and oxygen atoms in total. The summed E-state index contributed by atoms with van der Waals surface area (Å²) in [4.78, 5) is 7.75. The van der Waals surface area contributed by atoms with Gasteiger partial charge in [-0.2, -0.15) is 0 Å². The van der Waals surface area contributed by atoms with Gasteiger partial charge >= 0.3 is 0 Å². The van der Waals surface area contributed by atoms with Crippen LogP contribution in [0.5, 0.6) is 0 Å². The average molecular weight is 1010 g/mol. The summed E-state index contributed by atoms with van der Waals surface area (Å²) in [5, 5.41) is 12.6. The van der Waals surface area contributed by atoms with Crippen molar-refractivity contribution in [2.75, 3.05) is 0 Å². The van der Waals surface area contributed by atoms with Crippen molar-refractivity contribution >= 4 is 78.3 Å². The Morgan fingerprint density at radius 1 is 0.200 bits per heavy atom. The summed E-state index contributed by atoms with van der Waals surface area (Å²) >= 11 is 0. The summed E-state index contributed by atoms with van der Waals surface area (Å²) in [5.41, 5.74) is 0. The van der Waals surface area contributed by atoms with Gasteiger partial charge < -0.3 is 6.22 Å². The first-order chi connectivity index (χ1) is 29.3. The first-order valence-electron chi connectivity index (χ1n) is 19.4. The second kappa shape index (κ2) is 25.9. The molecule has 1 radical (unpaired) electrons. The van der Waals surface area contributed by atoms with Crippen LogP contribution in [0.1, 0.15) is 1.43 Å². The minimum atomic E-state index is -0.446. The molecule has 0 aliphatic rings. The third kappa shape index (κ3) is 13.3. The third-order valence-electron chi connectivity index (χ3n) is 9.13. The zero-order valence-corrected chi connectivity index (χ0v) is 38.2. The largest absolute Gasteiger partial charge is 1.00 e. The summed E-state index contributed by atoms with van der Waals surface area (Å²) in [6.45, 7) is 3.25. The SMILES string of the molecule is [CH-]=O.[H-].[Ir].c1ccc(P(c2ccccc2)c2ccccc2)cc1.c1ccc(P(c2ccccc2)c2ccccc2)cc1.c1ccc(P(c2ccccc2)c2ccccc2)cc1. The van der Waals surface area contributed by atoms with Gasteiger partial charge in [0.15, 0.2) is 0 Å². The van der Waals surface area contributed by atoms with Crippen molar-refractivity contribution < 1.29 is 26.3 Å². The normalized spacial score (nSPS) is 10.1. The summed E-state index contributed by atoms with van der Waals surface area (Å²) in [6.07, 6.45) is 0. The zero-order valence-electron chi connectivity index (χ0n) is 34.1. The molecule has 0 fully saturated rings. The van der Waals surface area contributed by atoms with Crippen LogP contribution >= 0.6 is 23.8 Å². The number of benzene rings is 9. The van der Waals surface area contributed by atoms with Crippen LogP contribution in [0.15, 0.2) is 273 Å². The molecular weight excluding hydrogens is 962 g/mol. The molecule has 0 amide bonds. The third-order valence-corrected chi connectivity index (χ3v) is 16.5. The maximum atomic E-state index is 7.75. The van der Waals surface area contributed by atoms with E-state index in [0.717, 1.165) is 0 Å². The molecule has 0 aliphatic heterocycles. The molecule has 0 heterocycles. The Labute approximate surface area is 375 Å². The number of hydrogen-bond donors (Lipinski definition) is 0. The fraction of sp³-hybridized carbons (Fsp3) is 0. The average Bonchev–Trinajstić information content (AvgIpc) is 3.34. The molecule has 9 aromatic rings. The van der Waals surface area contributed by atoms with E-state index < -0.39 is 23.8 Å². The Kier molecular flexibility index (Phi) is 19.7. The van der Waals surface area contributed by atoms with Gasteiger partial charge in [-0.1, -0.05) is 273 Å². The van der Waals surface area contributed by atoms with Gasteiger partial charge in [0, 0.05) is 20.1 Å². The second-order valence-electron chi connectivity index (χ2n) is 13.0. The molecule has 0 unspecified atom stereocenters. The molecule has 9 aromatic carbocycles. The van der Waals surface area contributed by atoms with E-state index in [1.165, 1.54) is 47.7 Å². The fourth-order valence-electron chi connectivity index (χ4n) is 6.54. The molecule has 0 atom stereocenters. The van der Waals surface area contributed by atoms with Crippen molar-refractivity contribution in [2.24, 2.45) is 0 Å². The topological polar surface area (TPSA) is 17.1 Å². The van der Waals surface area contributed by atoms with Gasteiger partial charge in [-0.3, -0.25) is 6.79 Å². The maximum absolute atomic E-state index is 7.75. The molecule has 9 rings (SSSR count). The predicted molar refractivity (Wildman–Crippen MR) is 263 cm³/mol. The van der Waals surface area contributed by atoms with E-state index in [4.69, 9.17) is 4.79 Å². The minimum absolute atomic E-state index is 0. The van der Waals surface area contributed by atoms with E-state index in [1.807, 2.05) is 0 Å². The van der Waals surface area contributed by atoms with Gasteiger partial charge in [-0.05, 0) is 71.5 Å². The summed E-state index contributed by atoms with van der Waals surface area (Å²) in [5.74, 6) is 0. The molecule has 0 aliphatic carbocycles. The van der Waals surface area contributed by atoms with Crippen LogP contribution in [0, 0.1) is 0 Å². The first kappa shape index (κ1) is 45.7. The van der Waals surface area contributed by atoms with Crippen LogP contribution in [-0.2, 0) is 24.9 Å². The van der Waals surface area contributed by atoms with E-state index in [-0.39, 0.29) is 21.5 Å². The molecule has 5 heteroatoms. The van der Waals surface area contributed by atoms with Gasteiger partial charge in [0.25, 0.3) is 0 Å². The van der Waals surface area contributed by atoms with Gasteiger partial charge in [0.2, 0.25) is 0 Å². The molecule has 0 saturated heterocycles.